The number of carbonyl (C=O) groups is 2. The Morgan fingerprint density at radius 1 is 1.08 bits per heavy atom. The van der Waals surface area contributed by atoms with E-state index in [0.717, 1.165) is 21.1 Å². The minimum absolute atomic E-state index is 0.0180. The van der Waals surface area contributed by atoms with Gasteiger partial charge in [0.15, 0.2) is 0 Å². The lowest BCUT2D eigenvalue weighted by atomic mass is 9.98. The summed E-state index contributed by atoms with van der Waals surface area (Å²) < 4.78 is 29.4. The van der Waals surface area contributed by atoms with Crippen molar-refractivity contribution in [3.05, 3.63) is 104 Å². The second-order valence-electron chi connectivity index (χ2n) is 12.8. The van der Waals surface area contributed by atoms with Crippen LogP contribution in [0.4, 0.5) is 4.79 Å². The van der Waals surface area contributed by atoms with E-state index in [4.69, 9.17) is 5.21 Å². The van der Waals surface area contributed by atoms with Gasteiger partial charge in [0.05, 0.1) is 40.5 Å². The van der Waals surface area contributed by atoms with Gasteiger partial charge in [-0.3, -0.25) is 4.79 Å². The number of aryl methyl sites for hydroxylation is 1. The number of carbonyl (C=O) groups excluding carboxylic acids is 2. The topological polar surface area (TPSA) is 156 Å². The van der Waals surface area contributed by atoms with Crippen molar-refractivity contribution in [3.63, 3.8) is 0 Å². The highest BCUT2D eigenvalue weighted by Gasteiger charge is 2.40. The average Bonchev–Trinajstić information content (AvgIpc) is 3.86. The molecule has 5 rings (SSSR count). The van der Waals surface area contributed by atoms with E-state index in [0.29, 0.717) is 31.6 Å². The third kappa shape index (κ3) is 9.80. The van der Waals surface area contributed by atoms with E-state index < -0.39 is 34.1 Å². The van der Waals surface area contributed by atoms with Gasteiger partial charge in [0.2, 0.25) is 15.9 Å². The minimum atomic E-state index is -4.10. The second-order valence-corrected chi connectivity index (χ2v) is 16.9. The van der Waals surface area contributed by atoms with Crippen LogP contribution in [-0.2, 0) is 34.2 Å². The van der Waals surface area contributed by atoms with E-state index in [1.165, 1.54) is 57.5 Å². The minimum Gasteiger partial charge on any atom is -0.411 e. The number of amides is 3. The number of aromatic nitrogens is 1. The zero-order chi connectivity index (χ0) is 36.5. The molecule has 51 heavy (non-hydrogen) atoms. The number of aliphatic hydroxyl groups is 1. The molecule has 0 aliphatic carbocycles. The summed E-state index contributed by atoms with van der Waals surface area (Å²) >= 11 is 3.04. The Morgan fingerprint density at radius 2 is 1.82 bits per heavy atom. The third-order valence-corrected chi connectivity index (χ3v) is 12.4. The lowest BCUT2D eigenvalue weighted by Gasteiger charge is -2.34. The first-order valence-electron chi connectivity index (χ1n) is 16.7. The first kappa shape index (κ1) is 38.1. The van der Waals surface area contributed by atoms with Crippen LogP contribution in [0.2, 0.25) is 0 Å². The largest absolute Gasteiger partial charge is 0.411 e. The maximum absolute atomic E-state index is 14.2. The number of nitrogens with zero attached hydrogens (tertiary/aromatic N) is 5. The molecule has 3 N–H and O–H groups in total. The van der Waals surface area contributed by atoms with Gasteiger partial charge in [-0.15, -0.1) is 22.7 Å². The van der Waals surface area contributed by atoms with Gasteiger partial charge >= 0.3 is 6.03 Å². The van der Waals surface area contributed by atoms with Gasteiger partial charge in [-0.05, 0) is 60.4 Å². The fourth-order valence-corrected chi connectivity index (χ4v) is 8.94. The third-order valence-electron chi connectivity index (χ3n) is 8.78. The van der Waals surface area contributed by atoms with Gasteiger partial charge in [0.25, 0.3) is 0 Å². The van der Waals surface area contributed by atoms with Crippen LogP contribution in [0.25, 0.3) is 0 Å². The SMILES string of the molecule is Cc1nc(CN2CCN([C@H](C(=O)N[C@@H](Cc3ccccc3)[C@@H](O)CN(CCc3cccs3)S(=O)(=O)c3ccc(C=NO)cc3)C(C)C)C2=O)cs1. The molecule has 12 nitrogen and oxygen atoms in total. The molecule has 3 atom stereocenters. The van der Waals surface area contributed by atoms with Crippen molar-refractivity contribution < 1.29 is 28.3 Å². The molecule has 0 bridgehead atoms. The molecule has 0 saturated carbocycles. The van der Waals surface area contributed by atoms with Crippen LogP contribution in [0.3, 0.4) is 0 Å². The van der Waals surface area contributed by atoms with E-state index in [-0.39, 0.29) is 36.4 Å². The zero-order valence-electron chi connectivity index (χ0n) is 28.8. The van der Waals surface area contributed by atoms with Crippen LogP contribution >= 0.6 is 22.7 Å². The zero-order valence-corrected chi connectivity index (χ0v) is 31.3. The number of urea groups is 1. The van der Waals surface area contributed by atoms with Crippen LogP contribution in [0, 0.1) is 12.8 Å². The van der Waals surface area contributed by atoms with Crippen molar-refractivity contribution >= 4 is 50.8 Å². The lowest BCUT2D eigenvalue weighted by Crippen LogP contribution is -2.57. The Kier molecular flexibility index (Phi) is 13.0. The molecule has 272 valence electrons. The molecule has 0 unspecified atom stereocenters. The molecular weight excluding hydrogens is 709 g/mol. The van der Waals surface area contributed by atoms with E-state index in [1.54, 1.807) is 9.80 Å². The first-order chi connectivity index (χ1) is 24.5. The van der Waals surface area contributed by atoms with Crippen molar-refractivity contribution in [2.75, 3.05) is 26.2 Å². The molecule has 1 aliphatic rings. The molecular formula is C36H44N6O6S3. The van der Waals surface area contributed by atoms with Gasteiger partial charge < -0.3 is 25.4 Å². The summed E-state index contributed by atoms with van der Waals surface area (Å²) in [4.78, 5) is 36.5. The predicted octanol–water partition coefficient (Wildman–Crippen LogP) is 4.61. The second kappa shape index (κ2) is 17.4. The summed E-state index contributed by atoms with van der Waals surface area (Å²) in [5.41, 5.74) is 2.17. The average molecular weight is 753 g/mol. The molecule has 15 heteroatoms. The molecule has 3 amide bonds. The molecule has 4 aromatic rings. The van der Waals surface area contributed by atoms with Gasteiger partial charge in [-0.2, -0.15) is 4.31 Å². The number of aliphatic hydroxyl groups excluding tert-OH is 1. The van der Waals surface area contributed by atoms with Gasteiger partial charge in [-0.1, -0.05) is 67.5 Å². The number of hydrogen-bond acceptors (Lipinski definition) is 10. The molecule has 3 heterocycles. The van der Waals surface area contributed by atoms with E-state index in [2.05, 4.69) is 15.5 Å². The van der Waals surface area contributed by atoms with Crippen LogP contribution < -0.4 is 5.32 Å². The van der Waals surface area contributed by atoms with Gasteiger partial charge in [-0.25, -0.2) is 18.2 Å². The number of nitrogens with one attached hydrogen (secondary N) is 1. The summed E-state index contributed by atoms with van der Waals surface area (Å²) in [6.45, 7) is 6.64. The van der Waals surface area contributed by atoms with Gasteiger partial charge in [0, 0.05) is 36.4 Å². The quantitative estimate of drug-likeness (QED) is 0.0809. The van der Waals surface area contributed by atoms with Crippen molar-refractivity contribution in [1.29, 1.82) is 0 Å². The fraction of sp³-hybridized carbons (Fsp3) is 0.389. The molecule has 2 aromatic carbocycles. The maximum Gasteiger partial charge on any atom is 0.321 e. The van der Waals surface area contributed by atoms with Crippen LogP contribution in [0.15, 0.2) is 87.5 Å². The standard InChI is InChI=1S/C36H44N6O6S3/c1-25(2)34(42-18-17-40(36(42)45)22-29-24-50-26(3)38-29)35(44)39-32(20-27-8-5-4-6-9-27)33(43)23-41(16-15-30-10-7-19-49-30)51(47,48)31-13-11-28(12-14-31)21-37-46/h4-14,19,21,24-25,32-34,43,46H,15-18,20,22-23H2,1-3H3,(H,39,44)/t32-,33-,34-/m0/s1. The number of thiazole rings is 1. The fourth-order valence-electron chi connectivity index (χ4n) is 6.18. The highest BCUT2D eigenvalue weighted by molar-refractivity contribution is 7.89. The number of benzene rings is 2. The number of rotatable bonds is 17. The highest BCUT2D eigenvalue weighted by Crippen LogP contribution is 2.23. The monoisotopic (exact) mass is 752 g/mol. The Balaban J connectivity index is 1.38. The van der Waals surface area contributed by atoms with Crippen molar-refractivity contribution in [2.24, 2.45) is 11.1 Å². The smallest absolute Gasteiger partial charge is 0.321 e. The summed E-state index contributed by atoms with van der Waals surface area (Å²) in [5.74, 6) is -0.662. The summed E-state index contributed by atoms with van der Waals surface area (Å²) in [6, 6.07) is 17.2. The number of sulfonamides is 1. The number of oxime groups is 1. The van der Waals surface area contributed by atoms with E-state index in [9.17, 15) is 23.1 Å². The van der Waals surface area contributed by atoms with E-state index >= 15 is 0 Å². The van der Waals surface area contributed by atoms with Crippen LogP contribution in [0.5, 0.6) is 0 Å². The Hall–Kier alpha value is -4.15. The molecule has 0 spiro atoms. The summed E-state index contributed by atoms with van der Waals surface area (Å²) in [5, 5.41) is 31.5. The number of thiophene rings is 1. The molecule has 1 saturated heterocycles. The normalized spacial score (nSPS) is 15.6. The Bertz CT molecular complexity index is 1870. The van der Waals surface area contributed by atoms with Crippen molar-refractivity contribution in [3.8, 4) is 0 Å². The Labute approximate surface area is 307 Å². The van der Waals surface area contributed by atoms with Crippen LogP contribution in [0.1, 0.15) is 40.6 Å². The van der Waals surface area contributed by atoms with E-state index in [1.807, 2.05) is 74.0 Å². The molecule has 1 aliphatic heterocycles. The summed E-state index contributed by atoms with van der Waals surface area (Å²) in [6.07, 6.45) is 0.554. The van der Waals surface area contributed by atoms with Crippen molar-refractivity contribution in [2.45, 2.75) is 63.2 Å². The van der Waals surface area contributed by atoms with Gasteiger partial charge in [0.1, 0.15) is 6.04 Å². The lowest BCUT2D eigenvalue weighted by molar-refractivity contribution is -0.128. The molecule has 1 fully saturated rings. The first-order valence-corrected chi connectivity index (χ1v) is 19.9. The number of hydrogen-bond donors (Lipinski definition) is 3. The van der Waals surface area contributed by atoms with Crippen LogP contribution in [-0.4, -0.2) is 100 Å². The molecule has 0 radical (unpaired) electrons. The highest BCUT2D eigenvalue weighted by atomic mass is 32.2. The summed E-state index contributed by atoms with van der Waals surface area (Å²) in [7, 11) is -4.10. The predicted molar refractivity (Wildman–Crippen MR) is 199 cm³/mol. The molecule has 2 aromatic heterocycles. The van der Waals surface area contributed by atoms with Crippen molar-refractivity contribution in [1.82, 2.24) is 24.4 Å². The maximum atomic E-state index is 14.2. The Morgan fingerprint density at radius 3 is 2.45 bits per heavy atom.